The zero-order valence-electron chi connectivity index (χ0n) is 7.88. The maximum Gasteiger partial charge on any atom is 0.0532 e. The van der Waals surface area contributed by atoms with Crippen LogP contribution in [0.25, 0.3) is 0 Å². The van der Waals surface area contributed by atoms with Crippen LogP contribution < -0.4 is 11.5 Å². The van der Waals surface area contributed by atoms with Gasteiger partial charge < -0.3 is 11.5 Å². The maximum atomic E-state index is 6.12. The summed E-state index contributed by atoms with van der Waals surface area (Å²) in [6, 6.07) is -0.0298. The van der Waals surface area contributed by atoms with E-state index in [1.807, 2.05) is 6.08 Å². The highest BCUT2D eigenvalue weighted by Crippen LogP contribution is 2.22. The Morgan fingerprint density at radius 3 is 2.67 bits per heavy atom. The summed E-state index contributed by atoms with van der Waals surface area (Å²) in [5.41, 5.74) is 13.0. The first-order chi connectivity index (χ1) is 5.62. The standard InChI is InChI=1S/C10H18N2/c1-3-8-5-6-9(11)10(12,4-2)7-8/h5-7,9H,3-4,11-12H2,1-2H3. The van der Waals surface area contributed by atoms with E-state index >= 15 is 0 Å². The molecule has 2 atom stereocenters. The minimum Gasteiger partial charge on any atom is -0.323 e. The number of hydrogen-bond acceptors (Lipinski definition) is 2. The number of allylic oxidation sites excluding steroid dienone is 2. The fourth-order valence-corrected chi connectivity index (χ4v) is 1.45. The van der Waals surface area contributed by atoms with Crippen molar-refractivity contribution in [3.8, 4) is 0 Å². The van der Waals surface area contributed by atoms with Crippen LogP contribution in [0.3, 0.4) is 0 Å². The zero-order valence-corrected chi connectivity index (χ0v) is 7.88. The van der Waals surface area contributed by atoms with Gasteiger partial charge in [-0.2, -0.15) is 0 Å². The van der Waals surface area contributed by atoms with E-state index in [4.69, 9.17) is 11.5 Å². The molecule has 1 aliphatic carbocycles. The SMILES string of the molecule is CCC1=CC(N)(CC)C(N)C=C1. The molecule has 1 rings (SSSR count). The highest BCUT2D eigenvalue weighted by Gasteiger charge is 2.28. The van der Waals surface area contributed by atoms with Crippen LogP contribution in [-0.4, -0.2) is 11.6 Å². The van der Waals surface area contributed by atoms with E-state index in [1.54, 1.807) is 0 Å². The Kier molecular flexibility index (Phi) is 2.70. The van der Waals surface area contributed by atoms with Crippen molar-refractivity contribution in [3.05, 3.63) is 23.8 Å². The van der Waals surface area contributed by atoms with Crippen LogP contribution in [0.15, 0.2) is 23.8 Å². The molecule has 12 heavy (non-hydrogen) atoms. The van der Waals surface area contributed by atoms with Gasteiger partial charge in [0, 0.05) is 6.04 Å². The molecule has 0 radical (unpaired) electrons. The van der Waals surface area contributed by atoms with E-state index in [-0.39, 0.29) is 11.6 Å². The Morgan fingerprint density at radius 2 is 2.17 bits per heavy atom. The van der Waals surface area contributed by atoms with E-state index < -0.39 is 0 Å². The van der Waals surface area contributed by atoms with Gasteiger partial charge in [-0.15, -0.1) is 0 Å². The van der Waals surface area contributed by atoms with Crippen molar-refractivity contribution in [1.29, 1.82) is 0 Å². The molecule has 0 saturated carbocycles. The summed E-state index contributed by atoms with van der Waals surface area (Å²) in [7, 11) is 0. The van der Waals surface area contributed by atoms with Gasteiger partial charge in [-0.25, -0.2) is 0 Å². The lowest BCUT2D eigenvalue weighted by atomic mass is 9.82. The fraction of sp³-hybridized carbons (Fsp3) is 0.600. The molecule has 0 aliphatic heterocycles. The molecule has 0 amide bonds. The molecule has 0 aromatic heterocycles. The Balaban J connectivity index is 2.88. The summed E-state index contributed by atoms with van der Waals surface area (Å²) in [4.78, 5) is 0. The first-order valence-corrected chi connectivity index (χ1v) is 4.56. The van der Waals surface area contributed by atoms with Crippen LogP contribution >= 0.6 is 0 Å². The van der Waals surface area contributed by atoms with Gasteiger partial charge in [0.2, 0.25) is 0 Å². The highest BCUT2D eigenvalue weighted by atomic mass is 14.8. The molecule has 1 aliphatic rings. The summed E-state index contributed by atoms with van der Waals surface area (Å²) in [5, 5.41) is 0. The third kappa shape index (κ3) is 1.59. The average Bonchev–Trinajstić information content (AvgIpc) is 2.10. The lowest BCUT2D eigenvalue weighted by Gasteiger charge is -2.33. The van der Waals surface area contributed by atoms with Crippen molar-refractivity contribution in [3.63, 3.8) is 0 Å². The quantitative estimate of drug-likeness (QED) is 0.650. The molecule has 0 saturated heterocycles. The maximum absolute atomic E-state index is 6.12. The second kappa shape index (κ2) is 3.42. The van der Waals surface area contributed by atoms with Gasteiger partial charge in [0.1, 0.15) is 0 Å². The Labute approximate surface area is 74.3 Å². The molecule has 0 fully saturated rings. The Hall–Kier alpha value is -0.600. The largest absolute Gasteiger partial charge is 0.323 e. The summed E-state index contributed by atoms with van der Waals surface area (Å²) in [6.45, 7) is 4.20. The van der Waals surface area contributed by atoms with E-state index in [9.17, 15) is 0 Å². The summed E-state index contributed by atoms with van der Waals surface area (Å²) >= 11 is 0. The monoisotopic (exact) mass is 166 g/mol. The Bertz CT molecular complexity index is 218. The van der Waals surface area contributed by atoms with Crippen molar-refractivity contribution in [2.24, 2.45) is 11.5 Å². The molecule has 0 spiro atoms. The molecule has 0 bridgehead atoms. The second-order valence-corrected chi connectivity index (χ2v) is 3.42. The average molecular weight is 166 g/mol. The molecule has 2 nitrogen and oxygen atoms in total. The fourth-order valence-electron chi connectivity index (χ4n) is 1.45. The second-order valence-electron chi connectivity index (χ2n) is 3.42. The molecular weight excluding hydrogens is 148 g/mol. The van der Waals surface area contributed by atoms with E-state index in [1.165, 1.54) is 5.57 Å². The van der Waals surface area contributed by atoms with E-state index in [0.717, 1.165) is 12.8 Å². The van der Waals surface area contributed by atoms with Gasteiger partial charge in [0.15, 0.2) is 0 Å². The molecule has 0 aromatic carbocycles. The van der Waals surface area contributed by atoms with Crippen LogP contribution in [0.4, 0.5) is 0 Å². The van der Waals surface area contributed by atoms with Gasteiger partial charge in [0.05, 0.1) is 5.54 Å². The zero-order chi connectivity index (χ0) is 9.19. The smallest absolute Gasteiger partial charge is 0.0532 e. The minimum absolute atomic E-state index is 0.0298. The van der Waals surface area contributed by atoms with Gasteiger partial charge in [-0.1, -0.05) is 37.6 Å². The van der Waals surface area contributed by atoms with Crippen molar-refractivity contribution < 1.29 is 0 Å². The third-order valence-electron chi connectivity index (χ3n) is 2.61. The summed E-state index contributed by atoms with van der Waals surface area (Å²) in [5.74, 6) is 0. The van der Waals surface area contributed by atoms with Gasteiger partial charge >= 0.3 is 0 Å². The topological polar surface area (TPSA) is 52.0 Å². The normalized spacial score (nSPS) is 35.0. The Morgan fingerprint density at radius 1 is 1.50 bits per heavy atom. The summed E-state index contributed by atoms with van der Waals surface area (Å²) < 4.78 is 0. The van der Waals surface area contributed by atoms with Crippen molar-refractivity contribution in [1.82, 2.24) is 0 Å². The summed E-state index contributed by atoms with van der Waals surface area (Å²) in [6.07, 6.45) is 8.11. The van der Waals surface area contributed by atoms with Crippen molar-refractivity contribution >= 4 is 0 Å². The molecule has 0 heterocycles. The first kappa shape index (κ1) is 9.49. The molecule has 2 heteroatoms. The van der Waals surface area contributed by atoms with Crippen LogP contribution in [0.2, 0.25) is 0 Å². The number of hydrogen-bond donors (Lipinski definition) is 2. The predicted molar refractivity (Wildman–Crippen MR) is 52.7 cm³/mol. The van der Waals surface area contributed by atoms with Crippen molar-refractivity contribution in [2.45, 2.75) is 38.3 Å². The molecule has 68 valence electrons. The van der Waals surface area contributed by atoms with Crippen molar-refractivity contribution in [2.75, 3.05) is 0 Å². The number of nitrogens with two attached hydrogens (primary N) is 2. The van der Waals surface area contributed by atoms with Gasteiger partial charge in [0.25, 0.3) is 0 Å². The molecular formula is C10H18N2. The predicted octanol–water partition coefficient (Wildman–Crippen LogP) is 1.33. The van der Waals surface area contributed by atoms with E-state index in [2.05, 4.69) is 26.0 Å². The van der Waals surface area contributed by atoms with Crippen LogP contribution in [0.1, 0.15) is 26.7 Å². The molecule has 0 aromatic rings. The molecule has 2 unspecified atom stereocenters. The number of rotatable bonds is 2. The van der Waals surface area contributed by atoms with Gasteiger partial charge in [-0.05, 0) is 12.8 Å². The highest BCUT2D eigenvalue weighted by molar-refractivity contribution is 5.33. The lowest BCUT2D eigenvalue weighted by molar-refractivity contribution is 0.451. The van der Waals surface area contributed by atoms with Crippen LogP contribution in [0, 0.1) is 0 Å². The van der Waals surface area contributed by atoms with Crippen LogP contribution in [0.5, 0.6) is 0 Å². The van der Waals surface area contributed by atoms with Crippen LogP contribution in [-0.2, 0) is 0 Å². The first-order valence-electron chi connectivity index (χ1n) is 4.56. The lowest BCUT2D eigenvalue weighted by Crippen LogP contribution is -2.53. The molecule has 4 N–H and O–H groups in total. The minimum atomic E-state index is -0.319. The third-order valence-corrected chi connectivity index (χ3v) is 2.61. The van der Waals surface area contributed by atoms with Gasteiger partial charge in [-0.3, -0.25) is 0 Å². The van der Waals surface area contributed by atoms with E-state index in [0.29, 0.717) is 0 Å².